The molecule has 1 aromatic rings. The quantitative estimate of drug-likeness (QED) is 0.620. The van der Waals surface area contributed by atoms with Crippen molar-refractivity contribution in [3.63, 3.8) is 0 Å². The van der Waals surface area contributed by atoms with Crippen molar-refractivity contribution < 1.29 is 19.7 Å². The van der Waals surface area contributed by atoms with Crippen LogP contribution < -0.4 is 9.47 Å². The van der Waals surface area contributed by atoms with Crippen molar-refractivity contribution in [2.24, 2.45) is 0 Å². The van der Waals surface area contributed by atoms with Gasteiger partial charge in [0, 0.05) is 0 Å². The Balaban J connectivity index is 2.27. The highest BCUT2D eigenvalue weighted by Crippen LogP contribution is 2.18. The molecular formula is C18H30O4. The van der Waals surface area contributed by atoms with E-state index < -0.39 is 12.2 Å². The minimum atomic E-state index is -0.412. The predicted octanol–water partition coefficient (Wildman–Crippen LogP) is 3.55. The molecule has 4 nitrogen and oxygen atoms in total. The Hall–Kier alpha value is -1.26. The second-order valence-electron chi connectivity index (χ2n) is 5.69. The molecule has 0 fully saturated rings. The zero-order valence-electron chi connectivity index (χ0n) is 13.8. The molecule has 2 unspecified atom stereocenters. The van der Waals surface area contributed by atoms with Gasteiger partial charge in [0.2, 0.25) is 0 Å². The van der Waals surface area contributed by atoms with Crippen molar-refractivity contribution in [2.45, 2.75) is 64.6 Å². The zero-order valence-corrected chi connectivity index (χ0v) is 13.8. The van der Waals surface area contributed by atoms with Gasteiger partial charge in [0.25, 0.3) is 0 Å². The number of aliphatic hydroxyl groups excluding tert-OH is 2. The number of rotatable bonds is 12. The summed E-state index contributed by atoms with van der Waals surface area (Å²) >= 11 is 0. The van der Waals surface area contributed by atoms with Gasteiger partial charge in [-0.25, -0.2) is 0 Å². The first-order valence-corrected chi connectivity index (χ1v) is 8.37. The molecule has 0 radical (unpaired) electrons. The second-order valence-corrected chi connectivity index (χ2v) is 5.69. The molecule has 0 heterocycles. The maximum Gasteiger partial charge on any atom is 0.119 e. The number of aliphatic hydroxyl groups is 2. The molecule has 0 aliphatic heterocycles. The molecule has 0 amide bonds. The molecule has 0 bridgehead atoms. The minimum Gasteiger partial charge on any atom is -0.491 e. The van der Waals surface area contributed by atoms with Gasteiger partial charge in [-0.2, -0.15) is 0 Å². The Labute approximate surface area is 134 Å². The summed E-state index contributed by atoms with van der Waals surface area (Å²) in [6.07, 6.45) is 4.89. The fraction of sp³-hybridized carbons (Fsp3) is 0.667. The molecule has 1 rings (SSSR count). The fourth-order valence-electron chi connectivity index (χ4n) is 2.06. The van der Waals surface area contributed by atoms with Gasteiger partial charge in [0.1, 0.15) is 24.7 Å². The molecule has 2 N–H and O–H groups in total. The van der Waals surface area contributed by atoms with Crippen molar-refractivity contribution in [3.05, 3.63) is 24.3 Å². The standard InChI is InChI=1S/C18H30O4/c1-3-5-7-15(19)13-21-17-9-11-18(12-10-17)22-14-16(20)8-6-4-2/h9-12,15-16,19-20H,3-8,13-14H2,1-2H3. The van der Waals surface area contributed by atoms with Crippen LogP contribution in [0, 0.1) is 0 Å². The van der Waals surface area contributed by atoms with Crippen molar-refractivity contribution in [1.29, 1.82) is 0 Å². The Morgan fingerprint density at radius 1 is 0.773 bits per heavy atom. The van der Waals surface area contributed by atoms with Gasteiger partial charge >= 0.3 is 0 Å². The highest BCUT2D eigenvalue weighted by Gasteiger charge is 2.06. The van der Waals surface area contributed by atoms with E-state index in [1.54, 1.807) is 0 Å². The second kappa shape index (κ2) is 11.3. The Bertz CT molecular complexity index is 340. The van der Waals surface area contributed by atoms with E-state index in [2.05, 4.69) is 13.8 Å². The zero-order chi connectivity index (χ0) is 16.2. The first-order chi connectivity index (χ1) is 10.7. The van der Waals surface area contributed by atoms with Crippen molar-refractivity contribution in [2.75, 3.05) is 13.2 Å². The molecule has 0 saturated heterocycles. The summed E-state index contributed by atoms with van der Waals surface area (Å²) < 4.78 is 11.1. The van der Waals surface area contributed by atoms with Gasteiger partial charge in [-0.1, -0.05) is 39.5 Å². The topological polar surface area (TPSA) is 58.9 Å². The van der Waals surface area contributed by atoms with Crippen LogP contribution in [0.5, 0.6) is 11.5 Å². The lowest BCUT2D eigenvalue weighted by Gasteiger charge is -2.14. The van der Waals surface area contributed by atoms with Gasteiger partial charge in [0.15, 0.2) is 0 Å². The van der Waals surface area contributed by atoms with Crippen LogP contribution in [0.2, 0.25) is 0 Å². The summed E-state index contributed by atoms with van der Waals surface area (Å²) in [6, 6.07) is 7.28. The third-order valence-corrected chi connectivity index (χ3v) is 3.49. The van der Waals surface area contributed by atoms with Crippen LogP contribution in [0.3, 0.4) is 0 Å². The van der Waals surface area contributed by atoms with E-state index in [0.29, 0.717) is 13.2 Å². The van der Waals surface area contributed by atoms with Crippen molar-refractivity contribution in [3.8, 4) is 11.5 Å². The van der Waals surface area contributed by atoms with Crippen LogP contribution in [0.4, 0.5) is 0 Å². The van der Waals surface area contributed by atoms with Crippen molar-refractivity contribution in [1.82, 2.24) is 0 Å². The van der Waals surface area contributed by atoms with Gasteiger partial charge in [-0.15, -0.1) is 0 Å². The first-order valence-electron chi connectivity index (χ1n) is 8.37. The van der Waals surface area contributed by atoms with E-state index in [1.165, 1.54) is 0 Å². The molecule has 2 atom stereocenters. The number of benzene rings is 1. The van der Waals surface area contributed by atoms with Crippen LogP contribution in [0.25, 0.3) is 0 Å². The van der Waals surface area contributed by atoms with E-state index in [1.807, 2.05) is 24.3 Å². The van der Waals surface area contributed by atoms with Crippen LogP contribution in [0.1, 0.15) is 52.4 Å². The summed E-state index contributed by atoms with van der Waals surface area (Å²) in [5.74, 6) is 1.43. The molecule has 0 saturated carbocycles. The largest absolute Gasteiger partial charge is 0.491 e. The van der Waals surface area contributed by atoms with E-state index in [-0.39, 0.29) is 0 Å². The summed E-state index contributed by atoms with van der Waals surface area (Å²) in [4.78, 5) is 0. The van der Waals surface area contributed by atoms with Crippen LogP contribution in [0.15, 0.2) is 24.3 Å². The highest BCUT2D eigenvalue weighted by molar-refractivity contribution is 5.31. The normalized spacial score (nSPS) is 13.6. The average molecular weight is 310 g/mol. The number of hydrogen-bond acceptors (Lipinski definition) is 4. The summed E-state index contributed by atoms with van der Waals surface area (Å²) in [5, 5.41) is 19.5. The maximum absolute atomic E-state index is 9.73. The van der Waals surface area contributed by atoms with Gasteiger partial charge < -0.3 is 19.7 Å². The summed E-state index contributed by atoms with van der Waals surface area (Å²) in [6.45, 7) is 4.84. The molecule has 4 heteroatoms. The van der Waals surface area contributed by atoms with E-state index in [0.717, 1.165) is 50.0 Å². The molecule has 1 aromatic carbocycles. The predicted molar refractivity (Wildman–Crippen MR) is 88.5 cm³/mol. The first kappa shape index (κ1) is 18.8. The highest BCUT2D eigenvalue weighted by atomic mass is 16.5. The molecule has 0 aromatic heterocycles. The number of hydrogen-bond donors (Lipinski definition) is 2. The Morgan fingerprint density at radius 3 is 1.45 bits per heavy atom. The molecule has 0 aliphatic rings. The SMILES string of the molecule is CCCCC(O)COc1ccc(OCC(O)CCCC)cc1. The van der Waals surface area contributed by atoms with Crippen molar-refractivity contribution >= 4 is 0 Å². The minimum absolute atomic E-state index is 0.315. The lowest BCUT2D eigenvalue weighted by molar-refractivity contribution is 0.0961. The van der Waals surface area contributed by atoms with Gasteiger partial charge in [-0.3, -0.25) is 0 Å². The Morgan fingerprint density at radius 2 is 1.14 bits per heavy atom. The molecule has 0 aliphatic carbocycles. The van der Waals surface area contributed by atoms with Crippen LogP contribution in [-0.2, 0) is 0 Å². The van der Waals surface area contributed by atoms with Gasteiger partial charge in [-0.05, 0) is 37.1 Å². The van der Waals surface area contributed by atoms with Crippen LogP contribution >= 0.6 is 0 Å². The summed E-state index contributed by atoms with van der Waals surface area (Å²) in [5.41, 5.74) is 0. The van der Waals surface area contributed by atoms with E-state index in [4.69, 9.17) is 9.47 Å². The smallest absolute Gasteiger partial charge is 0.119 e. The lowest BCUT2D eigenvalue weighted by atomic mass is 10.2. The molecule has 22 heavy (non-hydrogen) atoms. The fourth-order valence-corrected chi connectivity index (χ4v) is 2.06. The number of ether oxygens (including phenoxy) is 2. The van der Waals surface area contributed by atoms with E-state index in [9.17, 15) is 10.2 Å². The molecule has 0 spiro atoms. The molecular weight excluding hydrogens is 280 g/mol. The average Bonchev–Trinajstić information content (AvgIpc) is 2.55. The third kappa shape index (κ3) is 8.25. The maximum atomic E-state index is 9.73. The molecule has 126 valence electrons. The van der Waals surface area contributed by atoms with Gasteiger partial charge in [0.05, 0.1) is 12.2 Å². The Kier molecular flexibility index (Phi) is 9.67. The monoisotopic (exact) mass is 310 g/mol. The summed E-state index contributed by atoms with van der Waals surface area (Å²) in [7, 11) is 0. The number of unbranched alkanes of at least 4 members (excludes halogenated alkanes) is 2. The van der Waals surface area contributed by atoms with Crippen LogP contribution in [-0.4, -0.2) is 35.6 Å². The lowest BCUT2D eigenvalue weighted by Crippen LogP contribution is -2.17. The third-order valence-electron chi connectivity index (χ3n) is 3.49. The van der Waals surface area contributed by atoms with E-state index >= 15 is 0 Å².